The van der Waals surface area contributed by atoms with Crippen molar-refractivity contribution in [2.24, 2.45) is 5.92 Å². The summed E-state index contributed by atoms with van der Waals surface area (Å²) in [5, 5.41) is 0.456. The van der Waals surface area contributed by atoms with Gasteiger partial charge in [-0.05, 0) is 52.9 Å². The van der Waals surface area contributed by atoms with E-state index in [2.05, 4.69) is 0 Å². The maximum Gasteiger partial charge on any atom is 0.422 e. The minimum Gasteiger partial charge on any atom is -0.484 e. The molecule has 5 atom stereocenters. The Morgan fingerprint density at radius 1 is 0.878 bits per heavy atom. The van der Waals surface area contributed by atoms with Crippen LogP contribution in [0.3, 0.4) is 0 Å². The van der Waals surface area contributed by atoms with Crippen LogP contribution < -0.4 is 4.74 Å². The molecule has 4 aromatic carbocycles. The normalized spacial score (nSPS) is 24.8. The quantitative estimate of drug-likeness (QED) is 0.140. The fourth-order valence-electron chi connectivity index (χ4n) is 6.40. The van der Waals surface area contributed by atoms with Gasteiger partial charge in [0.25, 0.3) is 0 Å². The van der Waals surface area contributed by atoms with Crippen LogP contribution in [0.2, 0.25) is 5.02 Å². The number of carbonyl (C=O) groups is 1. The first kappa shape index (κ1) is 34.9. The molecule has 258 valence electrons. The summed E-state index contributed by atoms with van der Waals surface area (Å²) < 4.78 is 74.6. The second kappa shape index (κ2) is 14.5. The van der Waals surface area contributed by atoms with E-state index in [9.17, 15) is 18.0 Å². The van der Waals surface area contributed by atoms with Crippen molar-refractivity contribution >= 4 is 17.6 Å². The van der Waals surface area contributed by atoms with Crippen LogP contribution in [0.1, 0.15) is 34.7 Å². The van der Waals surface area contributed by atoms with Crippen molar-refractivity contribution in [2.45, 2.75) is 56.3 Å². The van der Waals surface area contributed by atoms with E-state index in [4.69, 9.17) is 40.0 Å². The van der Waals surface area contributed by atoms with Crippen LogP contribution in [-0.2, 0) is 53.9 Å². The first-order valence-electron chi connectivity index (χ1n) is 15.8. The van der Waals surface area contributed by atoms with Crippen LogP contribution in [0.4, 0.5) is 13.2 Å². The molecule has 6 rings (SSSR count). The second-order valence-corrected chi connectivity index (χ2v) is 12.6. The van der Waals surface area contributed by atoms with E-state index in [-0.39, 0.29) is 25.6 Å². The van der Waals surface area contributed by atoms with E-state index in [0.29, 0.717) is 22.6 Å². The van der Waals surface area contributed by atoms with Gasteiger partial charge >= 0.3 is 12.1 Å². The lowest BCUT2D eigenvalue weighted by Gasteiger charge is -2.49. The Balaban J connectivity index is 1.36. The number of alkyl halides is 3. The topological polar surface area (TPSA) is 72.5 Å². The molecule has 2 fully saturated rings. The van der Waals surface area contributed by atoms with E-state index < -0.39 is 48.3 Å². The Kier molecular flexibility index (Phi) is 10.3. The molecule has 0 saturated carbocycles. The monoisotopic (exact) mass is 696 g/mol. The summed E-state index contributed by atoms with van der Waals surface area (Å²) in [6, 6.07) is 31.0. The highest BCUT2D eigenvalue weighted by Gasteiger charge is 2.71. The minimum atomic E-state index is -4.44. The number of ether oxygens (including phenoxy) is 6. The molecule has 0 aliphatic carbocycles. The Bertz CT molecular complexity index is 1720. The lowest BCUT2D eigenvalue weighted by molar-refractivity contribution is -0.330. The zero-order valence-electron chi connectivity index (χ0n) is 27.0. The molecule has 0 N–H and O–H groups in total. The van der Waals surface area contributed by atoms with Gasteiger partial charge in [0.1, 0.15) is 11.9 Å². The van der Waals surface area contributed by atoms with Crippen molar-refractivity contribution in [1.29, 1.82) is 0 Å². The molecule has 0 aromatic heterocycles. The first-order valence-corrected chi connectivity index (χ1v) is 16.2. The highest BCUT2D eigenvalue weighted by atomic mass is 35.5. The van der Waals surface area contributed by atoms with E-state index in [1.807, 2.05) is 73.7 Å². The SMILES string of the molecule is COC(=O)[C@@]12CO[C@@](c3ccc(Cl)c(Cc4ccc(OCC(F)(F)F)cc4)c3)(O1)[C@H](OCc1ccccc1)[C@@H](OCc1ccccc1)[C@@H]2C. The van der Waals surface area contributed by atoms with Gasteiger partial charge in [-0.15, -0.1) is 0 Å². The smallest absolute Gasteiger partial charge is 0.422 e. The summed E-state index contributed by atoms with van der Waals surface area (Å²) in [5.74, 6) is -2.61. The van der Waals surface area contributed by atoms with Crippen molar-refractivity contribution in [3.8, 4) is 5.75 Å². The standard InChI is InChI=1S/C38H36ClF3O7/c1-25-33(45-21-27-9-5-3-6-10-27)34(46-22-28-11-7-4-8-12-28)38(48-23-36(25,49-38)35(43)44-2)30-15-18-32(39)29(20-30)19-26-13-16-31(17-14-26)47-24-37(40,41)42/h3-18,20,25,33-34H,19,21-24H2,1-2H3/t25-,33-,34+,36-,38-/m0/s1. The highest BCUT2D eigenvalue weighted by Crippen LogP contribution is 2.54. The molecule has 2 aliphatic heterocycles. The average molecular weight is 697 g/mol. The van der Waals surface area contributed by atoms with Crippen molar-refractivity contribution in [1.82, 2.24) is 0 Å². The van der Waals surface area contributed by atoms with Crippen molar-refractivity contribution in [2.75, 3.05) is 20.3 Å². The lowest BCUT2D eigenvalue weighted by Crippen LogP contribution is -2.64. The Labute approximate surface area is 287 Å². The van der Waals surface area contributed by atoms with Crippen LogP contribution in [0.25, 0.3) is 0 Å². The van der Waals surface area contributed by atoms with Gasteiger partial charge in [-0.3, -0.25) is 0 Å². The van der Waals surface area contributed by atoms with Gasteiger partial charge < -0.3 is 28.4 Å². The first-order chi connectivity index (χ1) is 23.5. The molecule has 0 radical (unpaired) electrons. The number of fused-ring (bicyclic) bond motifs is 2. The molecule has 0 unspecified atom stereocenters. The number of carbonyl (C=O) groups excluding carboxylic acids is 1. The molecule has 11 heteroatoms. The van der Waals surface area contributed by atoms with Gasteiger partial charge in [0.15, 0.2) is 12.2 Å². The molecule has 2 saturated heterocycles. The minimum absolute atomic E-state index is 0.1000. The molecule has 2 heterocycles. The number of halogens is 4. The van der Waals surface area contributed by atoms with Crippen LogP contribution in [-0.4, -0.2) is 50.3 Å². The third kappa shape index (κ3) is 7.49. The van der Waals surface area contributed by atoms with E-state index >= 15 is 0 Å². The Hall–Kier alpha value is -3.93. The summed E-state index contributed by atoms with van der Waals surface area (Å²) in [5.41, 5.74) is 2.42. The zero-order valence-corrected chi connectivity index (χ0v) is 27.7. The number of hydrogen-bond donors (Lipinski definition) is 0. The molecule has 7 nitrogen and oxygen atoms in total. The fraction of sp³-hybridized carbons (Fsp3) is 0.342. The van der Waals surface area contributed by atoms with Crippen LogP contribution in [0.5, 0.6) is 5.75 Å². The maximum absolute atomic E-state index is 13.5. The van der Waals surface area contributed by atoms with E-state index in [0.717, 1.165) is 16.7 Å². The van der Waals surface area contributed by atoms with Gasteiger partial charge in [0.2, 0.25) is 5.79 Å². The Morgan fingerprint density at radius 2 is 1.51 bits per heavy atom. The molecule has 49 heavy (non-hydrogen) atoms. The molecular weight excluding hydrogens is 661 g/mol. The number of esters is 1. The highest BCUT2D eigenvalue weighted by molar-refractivity contribution is 6.31. The van der Waals surface area contributed by atoms with Gasteiger partial charge in [-0.2, -0.15) is 13.2 Å². The Morgan fingerprint density at radius 3 is 2.12 bits per heavy atom. The van der Waals surface area contributed by atoms with Crippen LogP contribution >= 0.6 is 11.6 Å². The number of methoxy groups -OCH3 is 1. The summed E-state index contributed by atoms with van der Waals surface area (Å²) in [6.45, 7) is 0.862. The van der Waals surface area contributed by atoms with E-state index in [1.54, 1.807) is 24.3 Å². The fourth-order valence-corrected chi connectivity index (χ4v) is 6.58. The summed E-state index contributed by atoms with van der Waals surface area (Å²) in [4.78, 5) is 13.5. The van der Waals surface area contributed by atoms with Gasteiger partial charge in [-0.25, -0.2) is 4.79 Å². The van der Waals surface area contributed by atoms with Gasteiger partial charge in [-0.1, -0.05) is 97.4 Å². The molecule has 4 aromatic rings. The summed E-state index contributed by atoms with van der Waals surface area (Å²) in [6.07, 6.45) is -5.62. The maximum atomic E-state index is 13.5. The number of hydrogen-bond acceptors (Lipinski definition) is 7. The van der Waals surface area contributed by atoms with Crippen molar-refractivity contribution in [3.05, 3.63) is 136 Å². The third-order valence-electron chi connectivity index (χ3n) is 8.99. The number of benzene rings is 4. The van der Waals surface area contributed by atoms with Crippen LogP contribution in [0, 0.1) is 5.92 Å². The predicted octanol–water partition coefficient (Wildman–Crippen LogP) is 7.80. The summed E-state index contributed by atoms with van der Waals surface area (Å²) in [7, 11) is 1.31. The largest absolute Gasteiger partial charge is 0.484 e. The molecule has 0 amide bonds. The third-order valence-corrected chi connectivity index (χ3v) is 9.36. The number of rotatable bonds is 12. The molecule has 2 aliphatic rings. The van der Waals surface area contributed by atoms with Crippen LogP contribution in [0.15, 0.2) is 103 Å². The zero-order chi connectivity index (χ0) is 34.6. The summed E-state index contributed by atoms with van der Waals surface area (Å²) >= 11 is 6.70. The lowest BCUT2D eigenvalue weighted by atomic mass is 9.77. The molecular formula is C38H36ClF3O7. The van der Waals surface area contributed by atoms with Crippen molar-refractivity contribution < 1.29 is 46.4 Å². The van der Waals surface area contributed by atoms with E-state index in [1.165, 1.54) is 19.2 Å². The van der Waals surface area contributed by atoms with Crippen molar-refractivity contribution in [3.63, 3.8) is 0 Å². The van der Waals surface area contributed by atoms with Gasteiger partial charge in [0.05, 0.1) is 33.0 Å². The second-order valence-electron chi connectivity index (χ2n) is 12.2. The average Bonchev–Trinajstić information content (AvgIpc) is 3.49. The predicted molar refractivity (Wildman–Crippen MR) is 175 cm³/mol. The van der Waals surface area contributed by atoms with Gasteiger partial charge in [0, 0.05) is 16.5 Å². The molecule has 0 spiro atoms. The molecule has 2 bridgehead atoms.